The SMILES string of the molecule is O=C(NCCOc1ccc(C(F)(F)F)cc1)N[C@@H]1C=C[C@H](CO)C1. The van der Waals surface area contributed by atoms with Gasteiger partial charge in [0, 0.05) is 18.6 Å². The number of rotatable bonds is 6. The van der Waals surface area contributed by atoms with Crippen LogP contribution in [-0.2, 0) is 6.18 Å². The summed E-state index contributed by atoms with van der Waals surface area (Å²) in [5.41, 5.74) is -0.738. The van der Waals surface area contributed by atoms with Crippen molar-refractivity contribution in [2.45, 2.75) is 18.6 Å². The minimum absolute atomic E-state index is 0.0528. The van der Waals surface area contributed by atoms with Gasteiger partial charge in [-0.25, -0.2) is 4.79 Å². The van der Waals surface area contributed by atoms with Gasteiger partial charge in [-0.05, 0) is 30.7 Å². The molecule has 1 aromatic rings. The zero-order valence-electron chi connectivity index (χ0n) is 12.8. The van der Waals surface area contributed by atoms with Gasteiger partial charge in [0.15, 0.2) is 0 Å². The van der Waals surface area contributed by atoms with E-state index in [1.807, 2.05) is 12.2 Å². The number of hydrogen-bond donors (Lipinski definition) is 3. The van der Waals surface area contributed by atoms with Gasteiger partial charge in [0.25, 0.3) is 0 Å². The second kappa shape index (κ2) is 8.05. The van der Waals surface area contributed by atoms with Crippen molar-refractivity contribution < 1.29 is 27.8 Å². The lowest BCUT2D eigenvalue weighted by atomic mass is 10.1. The highest BCUT2D eigenvalue weighted by Crippen LogP contribution is 2.30. The molecule has 2 rings (SSSR count). The Morgan fingerprint density at radius 1 is 1.25 bits per heavy atom. The van der Waals surface area contributed by atoms with Gasteiger partial charge in [0.2, 0.25) is 0 Å². The predicted octanol–water partition coefficient (Wildman–Crippen LogP) is 2.32. The average Bonchev–Trinajstić information content (AvgIpc) is 2.99. The second-order valence-corrected chi connectivity index (χ2v) is 5.44. The molecule has 24 heavy (non-hydrogen) atoms. The first-order valence-electron chi connectivity index (χ1n) is 7.52. The van der Waals surface area contributed by atoms with E-state index in [-0.39, 0.29) is 37.7 Å². The number of amides is 2. The van der Waals surface area contributed by atoms with Crippen LogP contribution in [0.3, 0.4) is 0 Å². The molecule has 0 saturated carbocycles. The number of hydrogen-bond acceptors (Lipinski definition) is 3. The summed E-state index contributed by atoms with van der Waals surface area (Å²) < 4.78 is 42.5. The highest BCUT2D eigenvalue weighted by atomic mass is 19.4. The maximum absolute atomic E-state index is 12.4. The molecule has 0 saturated heterocycles. The zero-order valence-corrected chi connectivity index (χ0v) is 12.8. The number of halogens is 3. The number of carbonyl (C=O) groups excluding carboxylic acids is 1. The van der Waals surface area contributed by atoms with Crippen LogP contribution in [0.2, 0.25) is 0 Å². The van der Waals surface area contributed by atoms with Crippen molar-refractivity contribution >= 4 is 6.03 Å². The van der Waals surface area contributed by atoms with Gasteiger partial charge < -0.3 is 20.5 Å². The molecule has 3 N–H and O–H groups in total. The quantitative estimate of drug-likeness (QED) is 0.548. The first kappa shape index (κ1) is 18.1. The van der Waals surface area contributed by atoms with Crippen LogP contribution >= 0.6 is 0 Å². The van der Waals surface area contributed by atoms with E-state index in [1.54, 1.807) is 0 Å². The molecule has 1 aromatic carbocycles. The molecule has 5 nitrogen and oxygen atoms in total. The Labute approximate surface area is 137 Å². The van der Waals surface area contributed by atoms with Gasteiger partial charge in [0.1, 0.15) is 12.4 Å². The number of aliphatic hydroxyl groups excluding tert-OH is 1. The zero-order chi connectivity index (χ0) is 17.6. The third-order valence-electron chi connectivity index (χ3n) is 3.56. The number of aliphatic hydroxyl groups is 1. The van der Waals surface area contributed by atoms with Crippen LogP contribution in [0, 0.1) is 5.92 Å². The minimum Gasteiger partial charge on any atom is -0.492 e. The molecule has 132 valence electrons. The van der Waals surface area contributed by atoms with Gasteiger partial charge in [0.05, 0.1) is 12.1 Å². The topological polar surface area (TPSA) is 70.6 Å². The molecule has 1 aliphatic carbocycles. The Morgan fingerprint density at radius 3 is 2.54 bits per heavy atom. The van der Waals surface area contributed by atoms with Gasteiger partial charge in [-0.3, -0.25) is 0 Å². The van der Waals surface area contributed by atoms with E-state index in [4.69, 9.17) is 9.84 Å². The summed E-state index contributed by atoms with van der Waals surface area (Å²) in [5.74, 6) is 0.369. The summed E-state index contributed by atoms with van der Waals surface area (Å²) in [4.78, 5) is 11.7. The van der Waals surface area contributed by atoms with Crippen LogP contribution in [0.15, 0.2) is 36.4 Å². The second-order valence-electron chi connectivity index (χ2n) is 5.44. The van der Waals surface area contributed by atoms with E-state index < -0.39 is 11.7 Å². The fourth-order valence-corrected chi connectivity index (χ4v) is 2.31. The standard InChI is InChI=1S/C16H19F3N2O3/c17-16(18,19)12-2-5-14(6-3-12)24-8-7-20-15(23)21-13-4-1-11(9-13)10-22/h1-6,11,13,22H,7-10H2,(H2,20,21,23)/t11-,13+/m0/s1. The number of alkyl halides is 3. The fraction of sp³-hybridized carbons (Fsp3) is 0.438. The summed E-state index contributed by atoms with van der Waals surface area (Å²) in [6, 6.07) is 3.89. The van der Waals surface area contributed by atoms with Crippen molar-refractivity contribution in [3.8, 4) is 5.75 Å². The van der Waals surface area contributed by atoms with E-state index in [1.165, 1.54) is 12.1 Å². The lowest BCUT2D eigenvalue weighted by molar-refractivity contribution is -0.137. The first-order valence-corrected chi connectivity index (χ1v) is 7.52. The summed E-state index contributed by atoms with van der Waals surface area (Å²) in [7, 11) is 0. The van der Waals surface area contributed by atoms with Crippen LogP contribution in [0.25, 0.3) is 0 Å². The molecule has 0 bridgehead atoms. The Morgan fingerprint density at radius 2 is 1.96 bits per heavy atom. The third-order valence-corrected chi connectivity index (χ3v) is 3.56. The first-order chi connectivity index (χ1) is 11.4. The Balaban J connectivity index is 1.64. The summed E-state index contributed by atoms with van der Waals surface area (Å²) in [6.07, 6.45) is -0.0221. The molecule has 1 aliphatic rings. The summed E-state index contributed by atoms with van der Waals surface area (Å²) in [6.45, 7) is 0.405. The molecular formula is C16H19F3N2O3. The van der Waals surface area contributed by atoms with Crippen molar-refractivity contribution in [3.05, 3.63) is 42.0 Å². The van der Waals surface area contributed by atoms with E-state index in [9.17, 15) is 18.0 Å². The summed E-state index contributed by atoms with van der Waals surface area (Å²) >= 11 is 0. The number of urea groups is 1. The van der Waals surface area contributed by atoms with Crippen LogP contribution in [0.5, 0.6) is 5.75 Å². The number of benzene rings is 1. The van der Waals surface area contributed by atoms with Crippen LogP contribution < -0.4 is 15.4 Å². The number of carbonyl (C=O) groups is 1. The fourth-order valence-electron chi connectivity index (χ4n) is 2.31. The monoisotopic (exact) mass is 344 g/mol. The lowest BCUT2D eigenvalue weighted by Gasteiger charge is -2.14. The molecule has 0 spiro atoms. The van der Waals surface area contributed by atoms with E-state index in [0.717, 1.165) is 12.1 Å². The van der Waals surface area contributed by atoms with Gasteiger partial charge >= 0.3 is 12.2 Å². The Bertz CT molecular complexity index is 573. The van der Waals surface area contributed by atoms with Crippen LogP contribution in [0.1, 0.15) is 12.0 Å². The number of nitrogens with one attached hydrogen (secondary N) is 2. The Hall–Kier alpha value is -2.22. The highest BCUT2D eigenvalue weighted by Gasteiger charge is 2.30. The van der Waals surface area contributed by atoms with Gasteiger partial charge in [-0.1, -0.05) is 12.2 Å². The molecule has 8 heteroatoms. The number of ether oxygens (including phenoxy) is 1. The normalized spacial score (nSPS) is 20.0. The molecule has 0 heterocycles. The molecule has 0 aliphatic heterocycles. The van der Waals surface area contributed by atoms with E-state index in [2.05, 4.69) is 10.6 Å². The molecule has 0 unspecified atom stereocenters. The maximum atomic E-state index is 12.4. The van der Waals surface area contributed by atoms with E-state index in [0.29, 0.717) is 12.2 Å². The van der Waals surface area contributed by atoms with Crippen LogP contribution in [-0.4, -0.2) is 36.9 Å². The highest BCUT2D eigenvalue weighted by molar-refractivity contribution is 5.74. The van der Waals surface area contributed by atoms with Gasteiger partial charge in [-0.2, -0.15) is 13.2 Å². The predicted molar refractivity (Wildman–Crippen MR) is 81.6 cm³/mol. The molecule has 0 radical (unpaired) electrons. The van der Waals surface area contributed by atoms with Crippen LogP contribution in [0.4, 0.5) is 18.0 Å². The third kappa shape index (κ3) is 5.45. The van der Waals surface area contributed by atoms with E-state index >= 15 is 0 Å². The van der Waals surface area contributed by atoms with Crippen molar-refractivity contribution in [3.63, 3.8) is 0 Å². The molecule has 2 amide bonds. The largest absolute Gasteiger partial charge is 0.492 e. The molecule has 2 atom stereocenters. The molecule has 0 fully saturated rings. The average molecular weight is 344 g/mol. The smallest absolute Gasteiger partial charge is 0.416 e. The van der Waals surface area contributed by atoms with Gasteiger partial charge in [-0.15, -0.1) is 0 Å². The van der Waals surface area contributed by atoms with Crippen molar-refractivity contribution in [1.29, 1.82) is 0 Å². The maximum Gasteiger partial charge on any atom is 0.416 e. The molecule has 0 aromatic heterocycles. The van der Waals surface area contributed by atoms with Crippen molar-refractivity contribution in [2.24, 2.45) is 5.92 Å². The van der Waals surface area contributed by atoms with Crippen molar-refractivity contribution in [1.82, 2.24) is 10.6 Å². The Kier molecular flexibility index (Phi) is 6.08. The minimum atomic E-state index is -4.37. The lowest BCUT2D eigenvalue weighted by Crippen LogP contribution is -2.42. The van der Waals surface area contributed by atoms with Crippen molar-refractivity contribution in [2.75, 3.05) is 19.8 Å². The summed E-state index contributed by atoms with van der Waals surface area (Å²) in [5, 5.41) is 14.3. The molecular weight excluding hydrogens is 325 g/mol.